The Balaban J connectivity index is 1.90. The summed E-state index contributed by atoms with van der Waals surface area (Å²) in [5.41, 5.74) is 1.19. The SMILES string of the molecule is CN(C)CCCOc1ccc(B2CC(C)(C)C(C)(C)O2)cn1. The lowest BCUT2D eigenvalue weighted by Crippen LogP contribution is -2.36. The maximum Gasteiger partial charge on any atom is 0.329 e. The van der Waals surface area contributed by atoms with E-state index in [0.717, 1.165) is 24.7 Å². The number of rotatable bonds is 6. The normalized spacial score (nSPS) is 19.7. The number of ether oxygens (including phenoxy) is 1. The standard InChI is InChI=1S/C17H29BN2O2/c1-16(2)13-18(22-17(16,3)4)14-8-9-15(19-12-14)21-11-7-10-20(5)6/h8-9,12H,7,10-11,13H2,1-6H3. The minimum absolute atomic E-state index is 0.112. The highest BCUT2D eigenvalue weighted by molar-refractivity contribution is 6.68. The summed E-state index contributed by atoms with van der Waals surface area (Å²) in [4.78, 5) is 6.57. The van der Waals surface area contributed by atoms with Gasteiger partial charge in [0.15, 0.2) is 0 Å². The number of pyridine rings is 1. The first-order valence-electron chi connectivity index (χ1n) is 8.12. The molecule has 0 amide bonds. The van der Waals surface area contributed by atoms with Gasteiger partial charge in [-0.05, 0) is 57.6 Å². The molecular formula is C17H29BN2O2. The molecule has 0 spiro atoms. The average Bonchev–Trinajstić information content (AvgIpc) is 2.64. The van der Waals surface area contributed by atoms with Gasteiger partial charge in [-0.15, -0.1) is 0 Å². The van der Waals surface area contributed by atoms with E-state index in [0.29, 0.717) is 12.5 Å². The molecule has 2 heterocycles. The van der Waals surface area contributed by atoms with Crippen LogP contribution in [0.1, 0.15) is 34.1 Å². The quantitative estimate of drug-likeness (QED) is 0.597. The lowest BCUT2D eigenvalue weighted by molar-refractivity contribution is 0.0375. The zero-order chi connectivity index (χ0) is 16.4. The van der Waals surface area contributed by atoms with Gasteiger partial charge in [0.2, 0.25) is 5.88 Å². The monoisotopic (exact) mass is 304 g/mol. The fourth-order valence-corrected chi connectivity index (χ4v) is 2.68. The highest BCUT2D eigenvalue weighted by Crippen LogP contribution is 2.44. The van der Waals surface area contributed by atoms with Crippen molar-refractivity contribution in [3.05, 3.63) is 18.3 Å². The van der Waals surface area contributed by atoms with Crippen LogP contribution in [-0.4, -0.2) is 49.6 Å². The molecule has 1 saturated heterocycles. The Bertz CT molecular complexity index is 470. The maximum atomic E-state index is 6.23. The van der Waals surface area contributed by atoms with Crippen LogP contribution in [-0.2, 0) is 4.65 Å². The van der Waals surface area contributed by atoms with Crippen molar-refractivity contribution in [2.75, 3.05) is 27.2 Å². The number of nitrogens with zero attached hydrogens (tertiary/aromatic N) is 2. The smallest absolute Gasteiger partial charge is 0.329 e. The van der Waals surface area contributed by atoms with E-state index >= 15 is 0 Å². The number of hydrogen-bond donors (Lipinski definition) is 0. The molecule has 1 aliphatic heterocycles. The second-order valence-electron chi connectivity index (χ2n) is 7.64. The van der Waals surface area contributed by atoms with E-state index < -0.39 is 0 Å². The lowest BCUT2D eigenvalue weighted by atomic mass is 9.54. The number of aromatic nitrogens is 1. The number of hydrogen-bond acceptors (Lipinski definition) is 4. The fourth-order valence-electron chi connectivity index (χ4n) is 2.68. The second kappa shape index (κ2) is 6.59. The van der Waals surface area contributed by atoms with Gasteiger partial charge in [0.05, 0.1) is 12.2 Å². The Kier molecular flexibility index (Phi) is 5.18. The lowest BCUT2D eigenvalue weighted by Gasteiger charge is -2.34. The second-order valence-corrected chi connectivity index (χ2v) is 7.64. The highest BCUT2D eigenvalue weighted by atomic mass is 16.5. The first kappa shape index (κ1) is 17.3. The molecule has 1 aliphatic rings. The van der Waals surface area contributed by atoms with Crippen LogP contribution in [0.15, 0.2) is 18.3 Å². The van der Waals surface area contributed by atoms with Gasteiger partial charge in [-0.3, -0.25) is 0 Å². The predicted molar refractivity (Wildman–Crippen MR) is 92.0 cm³/mol. The molecule has 1 aromatic rings. The predicted octanol–water partition coefficient (Wildman–Crippen LogP) is 2.45. The Morgan fingerprint density at radius 3 is 2.50 bits per heavy atom. The van der Waals surface area contributed by atoms with E-state index in [2.05, 4.69) is 57.7 Å². The van der Waals surface area contributed by atoms with Crippen LogP contribution in [0, 0.1) is 5.41 Å². The van der Waals surface area contributed by atoms with E-state index in [1.165, 1.54) is 0 Å². The molecule has 2 rings (SSSR count). The summed E-state index contributed by atoms with van der Waals surface area (Å²) in [7, 11) is 4.13. The summed E-state index contributed by atoms with van der Waals surface area (Å²) < 4.78 is 11.9. The van der Waals surface area contributed by atoms with Gasteiger partial charge in [0.1, 0.15) is 0 Å². The fraction of sp³-hybridized carbons (Fsp3) is 0.706. The molecular weight excluding hydrogens is 275 g/mol. The van der Waals surface area contributed by atoms with Gasteiger partial charge >= 0.3 is 6.92 Å². The van der Waals surface area contributed by atoms with Crippen LogP contribution in [0.4, 0.5) is 0 Å². The minimum Gasteiger partial charge on any atom is -0.478 e. The largest absolute Gasteiger partial charge is 0.478 e. The van der Waals surface area contributed by atoms with Gasteiger partial charge in [-0.25, -0.2) is 4.98 Å². The third kappa shape index (κ3) is 4.02. The van der Waals surface area contributed by atoms with Crippen molar-refractivity contribution in [3.63, 3.8) is 0 Å². The zero-order valence-corrected chi connectivity index (χ0v) is 14.8. The van der Waals surface area contributed by atoms with Gasteiger partial charge in [0, 0.05) is 12.7 Å². The first-order valence-corrected chi connectivity index (χ1v) is 8.12. The zero-order valence-electron chi connectivity index (χ0n) is 14.8. The first-order chi connectivity index (χ1) is 10.2. The molecule has 0 aliphatic carbocycles. The summed E-state index contributed by atoms with van der Waals surface area (Å²) in [6, 6.07) is 4.03. The molecule has 0 unspecified atom stereocenters. The van der Waals surface area contributed by atoms with Crippen molar-refractivity contribution in [3.8, 4) is 5.88 Å². The third-order valence-electron chi connectivity index (χ3n) is 4.89. The van der Waals surface area contributed by atoms with Crippen molar-refractivity contribution in [2.24, 2.45) is 5.41 Å². The molecule has 0 bridgehead atoms. The van der Waals surface area contributed by atoms with Crippen LogP contribution >= 0.6 is 0 Å². The third-order valence-corrected chi connectivity index (χ3v) is 4.89. The Morgan fingerprint density at radius 2 is 2.00 bits per heavy atom. The summed E-state index contributed by atoms with van der Waals surface area (Å²) in [5.74, 6) is 0.694. The molecule has 0 aromatic carbocycles. The molecule has 122 valence electrons. The van der Waals surface area contributed by atoms with Crippen LogP contribution in [0.3, 0.4) is 0 Å². The molecule has 1 fully saturated rings. The highest BCUT2D eigenvalue weighted by Gasteiger charge is 2.49. The van der Waals surface area contributed by atoms with Crippen molar-refractivity contribution in [1.29, 1.82) is 0 Å². The molecule has 5 heteroatoms. The van der Waals surface area contributed by atoms with E-state index in [1.807, 2.05) is 12.3 Å². The molecule has 0 atom stereocenters. The van der Waals surface area contributed by atoms with Crippen LogP contribution in [0.5, 0.6) is 5.88 Å². The average molecular weight is 304 g/mol. The van der Waals surface area contributed by atoms with Gasteiger partial charge in [-0.1, -0.05) is 19.9 Å². The molecule has 0 radical (unpaired) electrons. The van der Waals surface area contributed by atoms with Gasteiger partial charge in [0.25, 0.3) is 0 Å². The van der Waals surface area contributed by atoms with Crippen molar-refractivity contribution >= 4 is 12.4 Å². The molecule has 22 heavy (non-hydrogen) atoms. The molecule has 0 N–H and O–H groups in total. The van der Waals surface area contributed by atoms with E-state index in [1.54, 1.807) is 0 Å². The van der Waals surface area contributed by atoms with Crippen molar-refractivity contribution < 1.29 is 9.39 Å². The molecule has 4 nitrogen and oxygen atoms in total. The van der Waals surface area contributed by atoms with Crippen LogP contribution < -0.4 is 10.2 Å². The van der Waals surface area contributed by atoms with Gasteiger partial charge < -0.3 is 14.3 Å². The van der Waals surface area contributed by atoms with E-state index in [4.69, 9.17) is 9.39 Å². The van der Waals surface area contributed by atoms with Crippen LogP contribution in [0.2, 0.25) is 6.32 Å². The maximum absolute atomic E-state index is 6.23. The van der Waals surface area contributed by atoms with Crippen molar-refractivity contribution in [2.45, 2.75) is 46.0 Å². The summed E-state index contributed by atoms with van der Waals surface area (Å²) in [5, 5.41) is 0. The molecule has 0 saturated carbocycles. The minimum atomic E-state index is -0.112. The Labute approximate surface area is 135 Å². The molecule has 1 aromatic heterocycles. The Hall–Kier alpha value is -1.07. The Morgan fingerprint density at radius 1 is 1.27 bits per heavy atom. The van der Waals surface area contributed by atoms with Gasteiger partial charge in [-0.2, -0.15) is 0 Å². The summed E-state index contributed by atoms with van der Waals surface area (Å²) in [6.45, 7) is 10.7. The van der Waals surface area contributed by atoms with Crippen molar-refractivity contribution in [1.82, 2.24) is 9.88 Å². The van der Waals surface area contributed by atoms with Crippen LogP contribution in [0.25, 0.3) is 0 Å². The summed E-state index contributed by atoms with van der Waals surface area (Å²) in [6.07, 6.45) is 3.92. The topological polar surface area (TPSA) is 34.6 Å². The summed E-state index contributed by atoms with van der Waals surface area (Å²) >= 11 is 0. The van der Waals surface area contributed by atoms with E-state index in [-0.39, 0.29) is 17.9 Å². The van der Waals surface area contributed by atoms with E-state index in [9.17, 15) is 0 Å².